The molecule has 0 bridgehead atoms. The average Bonchev–Trinajstić information content (AvgIpc) is 2.68. The summed E-state index contributed by atoms with van der Waals surface area (Å²) in [6.07, 6.45) is 3.30. The standard InChI is InChI=1S/C21H20FN3O/c22-18-10-4-5-11-19(18)25-17-12-13-20(24-15-17)21(26)23-14-6-9-16-7-2-1-3-8-16/h1-5,7-8,10-13,15,25H,6,9,14H2,(H,23,26). The first-order valence-corrected chi connectivity index (χ1v) is 8.52. The zero-order valence-electron chi connectivity index (χ0n) is 14.3. The van der Waals surface area contributed by atoms with Crippen LogP contribution in [0, 0.1) is 5.82 Å². The number of nitrogens with one attached hydrogen (secondary N) is 2. The smallest absolute Gasteiger partial charge is 0.269 e. The van der Waals surface area contributed by atoms with Gasteiger partial charge >= 0.3 is 0 Å². The number of pyridine rings is 1. The fraction of sp³-hybridized carbons (Fsp3) is 0.143. The van der Waals surface area contributed by atoms with Gasteiger partial charge < -0.3 is 10.6 Å². The van der Waals surface area contributed by atoms with E-state index in [4.69, 9.17) is 0 Å². The summed E-state index contributed by atoms with van der Waals surface area (Å²) in [4.78, 5) is 16.3. The minimum atomic E-state index is -0.340. The molecule has 0 atom stereocenters. The number of aromatic nitrogens is 1. The third-order valence-corrected chi connectivity index (χ3v) is 3.92. The van der Waals surface area contributed by atoms with Gasteiger partial charge in [0.15, 0.2) is 0 Å². The Morgan fingerprint density at radius 2 is 1.73 bits per heavy atom. The van der Waals surface area contributed by atoms with Crippen LogP contribution in [0.3, 0.4) is 0 Å². The fourth-order valence-electron chi connectivity index (χ4n) is 2.55. The molecule has 3 rings (SSSR count). The van der Waals surface area contributed by atoms with E-state index in [9.17, 15) is 9.18 Å². The van der Waals surface area contributed by atoms with Crippen LogP contribution in [0.2, 0.25) is 0 Å². The molecule has 2 aromatic carbocycles. The largest absolute Gasteiger partial charge is 0.352 e. The number of hydrogen-bond donors (Lipinski definition) is 2. The van der Waals surface area contributed by atoms with Crippen LogP contribution in [0.5, 0.6) is 0 Å². The number of hydrogen-bond acceptors (Lipinski definition) is 3. The summed E-state index contributed by atoms with van der Waals surface area (Å²) in [6.45, 7) is 0.588. The predicted octanol–water partition coefficient (Wildman–Crippen LogP) is 4.33. The van der Waals surface area contributed by atoms with Gasteiger partial charge in [0.2, 0.25) is 0 Å². The molecule has 5 heteroatoms. The van der Waals surface area contributed by atoms with Crippen molar-refractivity contribution in [2.75, 3.05) is 11.9 Å². The molecule has 1 amide bonds. The third-order valence-electron chi connectivity index (χ3n) is 3.92. The Morgan fingerprint density at radius 1 is 0.962 bits per heavy atom. The normalized spacial score (nSPS) is 10.3. The van der Waals surface area contributed by atoms with E-state index < -0.39 is 0 Å². The lowest BCUT2D eigenvalue weighted by atomic mass is 10.1. The van der Waals surface area contributed by atoms with Gasteiger partial charge in [0.1, 0.15) is 11.5 Å². The van der Waals surface area contributed by atoms with Crippen molar-refractivity contribution >= 4 is 17.3 Å². The third kappa shape index (κ3) is 4.89. The molecular weight excluding hydrogens is 329 g/mol. The van der Waals surface area contributed by atoms with Crippen LogP contribution in [0.4, 0.5) is 15.8 Å². The molecule has 2 N–H and O–H groups in total. The van der Waals surface area contributed by atoms with Gasteiger partial charge in [0, 0.05) is 6.54 Å². The van der Waals surface area contributed by atoms with Gasteiger partial charge in [0.05, 0.1) is 17.6 Å². The van der Waals surface area contributed by atoms with Crippen LogP contribution < -0.4 is 10.6 Å². The van der Waals surface area contributed by atoms with E-state index in [0.29, 0.717) is 23.6 Å². The summed E-state index contributed by atoms with van der Waals surface area (Å²) in [6, 6.07) is 19.9. The molecule has 132 valence electrons. The van der Waals surface area contributed by atoms with E-state index in [0.717, 1.165) is 12.8 Å². The number of carbonyl (C=O) groups is 1. The van der Waals surface area contributed by atoms with Gasteiger partial charge in [-0.3, -0.25) is 4.79 Å². The molecule has 0 aliphatic carbocycles. The molecule has 0 spiro atoms. The van der Waals surface area contributed by atoms with E-state index in [-0.39, 0.29) is 11.7 Å². The summed E-state index contributed by atoms with van der Waals surface area (Å²) < 4.78 is 13.6. The predicted molar refractivity (Wildman–Crippen MR) is 101 cm³/mol. The number of nitrogens with zero attached hydrogens (tertiary/aromatic N) is 1. The lowest BCUT2D eigenvalue weighted by Crippen LogP contribution is -2.25. The Hall–Kier alpha value is -3.21. The molecule has 0 unspecified atom stereocenters. The van der Waals surface area contributed by atoms with Crippen molar-refractivity contribution in [2.24, 2.45) is 0 Å². The zero-order chi connectivity index (χ0) is 18.2. The summed E-state index contributed by atoms with van der Waals surface area (Å²) in [7, 11) is 0. The molecule has 1 aromatic heterocycles. The summed E-state index contributed by atoms with van der Waals surface area (Å²) in [5.74, 6) is -0.553. The van der Waals surface area contributed by atoms with Crippen LogP contribution >= 0.6 is 0 Å². The molecule has 0 saturated heterocycles. The Bertz CT molecular complexity index is 851. The average molecular weight is 349 g/mol. The van der Waals surface area contributed by atoms with Crippen molar-refractivity contribution in [1.82, 2.24) is 10.3 Å². The molecule has 0 aliphatic heterocycles. The highest BCUT2D eigenvalue weighted by Gasteiger charge is 2.07. The first-order valence-electron chi connectivity index (χ1n) is 8.52. The fourth-order valence-corrected chi connectivity index (χ4v) is 2.55. The molecule has 26 heavy (non-hydrogen) atoms. The van der Waals surface area contributed by atoms with E-state index >= 15 is 0 Å². The molecule has 4 nitrogen and oxygen atoms in total. The minimum absolute atomic E-state index is 0.212. The van der Waals surface area contributed by atoms with Crippen LogP contribution in [0.25, 0.3) is 0 Å². The van der Waals surface area contributed by atoms with Gasteiger partial charge in [0.25, 0.3) is 5.91 Å². The molecule has 0 saturated carbocycles. The van der Waals surface area contributed by atoms with Gasteiger partial charge in [-0.25, -0.2) is 9.37 Å². The second-order valence-electron chi connectivity index (χ2n) is 5.88. The zero-order valence-corrected chi connectivity index (χ0v) is 14.3. The maximum absolute atomic E-state index is 13.6. The minimum Gasteiger partial charge on any atom is -0.352 e. The monoisotopic (exact) mass is 349 g/mol. The van der Waals surface area contributed by atoms with Crippen molar-refractivity contribution in [3.05, 3.63) is 90.0 Å². The highest BCUT2D eigenvalue weighted by atomic mass is 19.1. The maximum atomic E-state index is 13.6. The molecule has 0 fully saturated rings. The Morgan fingerprint density at radius 3 is 2.46 bits per heavy atom. The van der Waals surface area contributed by atoms with Gasteiger partial charge in [-0.1, -0.05) is 42.5 Å². The first-order chi connectivity index (χ1) is 12.7. The number of aryl methyl sites for hydroxylation is 1. The number of halogens is 1. The molecular formula is C21H20FN3O. The van der Waals surface area contributed by atoms with Crippen molar-refractivity contribution in [3.63, 3.8) is 0 Å². The van der Waals surface area contributed by atoms with Gasteiger partial charge in [-0.05, 0) is 42.7 Å². The van der Waals surface area contributed by atoms with Crippen LogP contribution in [0.1, 0.15) is 22.5 Å². The van der Waals surface area contributed by atoms with Crippen molar-refractivity contribution in [1.29, 1.82) is 0 Å². The second-order valence-corrected chi connectivity index (χ2v) is 5.88. The van der Waals surface area contributed by atoms with E-state index in [1.54, 1.807) is 30.3 Å². The SMILES string of the molecule is O=C(NCCCc1ccccc1)c1ccc(Nc2ccccc2F)cn1. The molecule has 3 aromatic rings. The maximum Gasteiger partial charge on any atom is 0.269 e. The quantitative estimate of drug-likeness (QED) is 0.624. The molecule has 0 aliphatic rings. The van der Waals surface area contributed by atoms with Crippen LogP contribution in [0.15, 0.2) is 72.9 Å². The van der Waals surface area contributed by atoms with Crippen molar-refractivity contribution in [2.45, 2.75) is 12.8 Å². The van der Waals surface area contributed by atoms with Gasteiger partial charge in [-0.2, -0.15) is 0 Å². The van der Waals surface area contributed by atoms with Crippen molar-refractivity contribution < 1.29 is 9.18 Å². The van der Waals surface area contributed by atoms with Crippen molar-refractivity contribution in [3.8, 4) is 0 Å². The number of benzene rings is 2. The number of rotatable bonds is 7. The Kier molecular flexibility index (Phi) is 5.93. The number of para-hydroxylation sites is 1. The summed E-state index contributed by atoms with van der Waals surface area (Å²) in [5, 5.41) is 5.81. The molecule has 0 radical (unpaired) electrons. The van der Waals surface area contributed by atoms with Crippen LogP contribution in [-0.2, 0) is 6.42 Å². The lowest BCUT2D eigenvalue weighted by molar-refractivity contribution is 0.0948. The van der Waals surface area contributed by atoms with E-state index in [2.05, 4.69) is 27.8 Å². The summed E-state index contributed by atoms with van der Waals surface area (Å²) in [5.41, 5.74) is 2.58. The Balaban J connectivity index is 1.48. The number of amides is 1. The van der Waals surface area contributed by atoms with Crippen LogP contribution in [-0.4, -0.2) is 17.4 Å². The Labute approximate surface area is 152 Å². The second kappa shape index (κ2) is 8.76. The lowest BCUT2D eigenvalue weighted by Gasteiger charge is -2.08. The number of carbonyl (C=O) groups excluding carboxylic acids is 1. The highest BCUT2D eigenvalue weighted by Crippen LogP contribution is 2.18. The topological polar surface area (TPSA) is 54.0 Å². The first kappa shape index (κ1) is 17.6. The summed E-state index contributed by atoms with van der Waals surface area (Å²) >= 11 is 0. The number of anilines is 2. The van der Waals surface area contributed by atoms with E-state index in [1.807, 2.05) is 18.2 Å². The molecule has 1 heterocycles. The highest BCUT2D eigenvalue weighted by molar-refractivity contribution is 5.92. The van der Waals surface area contributed by atoms with E-state index in [1.165, 1.54) is 17.8 Å². The van der Waals surface area contributed by atoms with Gasteiger partial charge in [-0.15, -0.1) is 0 Å².